The van der Waals surface area contributed by atoms with Gasteiger partial charge < -0.3 is 15.5 Å². The summed E-state index contributed by atoms with van der Waals surface area (Å²) in [5.41, 5.74) is 3.77. The fourth-order valence-corrected chi connectivity index (χ4v) is 2.95. The summed E-state index contributed by atoms with van der Waals surface area (Å²) >= 11 is 0. The zero-order chi connectivity index (χ0) is 13.1. The van der Waals surface area contributed by atoms with E-state index in [4.69, 9.17) is 0 Å². The molecule has 0 spiro atoms. The van der Waals surface area contributed by atoms with Crippen LogP contribution < -0.4 is 10.6 Å². The average molecular weight is 259 g/mol. The predicted octanol–water partition coefficient (Wildman–Crippen LogP) is 1.02. The van der Waals surface area contributed by atoms with Crippen molar-refractivity contribution >= 4 is 11.6 Å². The number of carbonyl (C=O) groups is 1. The number of hydrogen-bond donors (Lipinski definition) is 2. The zero-order valence-corrected chi connectivity index (χ0v) is 11.2. The van der Waals surface area contributed by atoms with Gasteiger partial charge in [0.05, 0.1) is 0 Å². The summed E-state index contributed by atoms with van der Waals surface area (Å²) in [5, 5.41) is 6.35. The highest BCUT2D eigenvalue weighted by Gasteiger charge is 2.18. The highest BCUT2D eigenvalue weighted by molar-refractivity contribution is 5.94. The van der Waals surface area contributed by atoms with Gasteiger partial charge in [0.25, 0.3) is 0 Å². The molecular formula is C15H21N3O. The first-order valence-corrected chi connectivity index (χ1v) is 7.16. The average Bonchev–Trinajstić information content (AvgIpc) is 2.45. The summed E-state index contributed by atoms with van der Waals surface area (Å²) in [5.74, 6) is 0.145. The molecule has 19 heavy (non-hydrogen) atoms. The Morgan fingerprint density at radius 3 is 2.84 bits per heavy atom. The molecule has 1 amide bonds. The van der Waals surface area contributed by atoms with E-state index in [9.17, 15) is 4.79 Å². The molecule has 0 atom stereocenters. The van der Waals surface area contributed by atoms with E-state index < -0.39 is 0 Å². The molecule has 2 aliphatic rings. The largest absolute Gasteiger partial charge is 0.326 e. The van der Waals surface area contributed by atoms with E-state index in [1.165, 1.54) is 11.1 Å². The summed E-state index contributed by atoms with van der Waals surface area (Å²) in [4.78, 5) is 13.9. The first-order valence-electron chi connectivity index (χ1n) is 7.16. The molecule has 1 fully saturated rings. The maximum Gasteiger partial charge on any atom is 0.224 e. The minimum Gasteiger partial charge on any atom is -0.326 e. The molecule has 1 aromatic carbocycles. The zero-order valence-electron chi connectivity index (χ0n) is 11.2. The number of nitrogens with zero attached hydrogens (tertiary/aromatic N) is 1. The van der Waals surface area contributed by atoms with E-state index >= 15 is 0 Å². The Kier molecular flexibility index (Phi) is 3.80. The lowest BCUT2D eigenvalue weighted by atomic mass is 9.95. The van der Waals surface area contributed by atoms with Gasteiger partial charge in [0.15, 0.2) is 0 Å². The third-order valence-corrected chi connectivity index (χ3v) is 4.06. The molecule has 0 aromatic heterocycles. The summed E-state index contributed by atoms with van der Waals surface area (Å²) < 4.78 is 0. The number of rotatable bonds is 3. The summed E-state index contributed by atoms with van der Waals surface area (Å²) in [6.07, 6.45) is 2.59. The van der Waals surface area contributed by atoms with Crippen molar-refractivity contribution in [2.24, 2.45) is 0 Å². The molecule has 3 rings (SSSR count). The molecule has 2 aliphatic heterocycles. The lowest BCUT2D eigenvalue weighted by Crippen LogP contribution is -2.44. The van der Waals surface area contributed by atoms with Gasteiger partial charge in [-0.2, -0.15) is 0 Å². The second-order valence-electron chi connectivity index (χ2n) is 5.33. The lowest BCUT2D eigenvalue weighted by Gasteiger charge is -2.28. The van der Waals surface area contributed by atoms with Gasteiger partial charge in [0.2, 0.25) is 5.91 Å². The van der Waals surface area contributed by atoms with Crippen LogP contribution in [-0.4, -0.2) is 43.5 Å². The number of benzene rings is 1. The van der Waals surface area contributed by atoms with Gasteiger partial charge in [0.1, 0.15) is 0 Å². The van der Waals surface area contributed by atoms with Crippen LogP contribution in [0, 0.1) is 0 Å². The van der Waals surface area contributed by atoms with Crippen molar-refractivity contribution < 1.29 is 4.79 Å². The number of anilines is 1. The van der Waals surface area contributed by atoms with E-state index in [-0.39, 0.29) is 5.91 Å². The monoisotopic (exact) mass is 259 g/mol. The van der Waals surface area contributed by atoms with Crippen molar-refractivity contribution in [1.82, 2.24) is 10.2 Å². The molecule has 4 heteroatoms. The van der Waals surface area contributed by atoms with E-state index in [1.807, 2.05) is 6.07 Å². The Morgan fingerprint density at radius 1 is 1.16 bits per heavy atom. The fraction of sp³-hybridized carbons (Fsp3) is 0.533. The number of nitrogens with one attached hydrogen (secondary N) is 2. The standard InChI is InChI=1S/C15H21N3O/c19-15-5-4-13-12(2-1-3-14(13)17-15)6-9-18-10-7-16-8-11-18/h1-3,16H,4-11H2,(H,17,19). The summed E-state index contributed by atoms with van der Waals surface area (Å²) in [7, 11) is 0. The second-order valence-corrected chi connectivity index (χ2v) is 5.33. The van der Waals surface area contributed by atoms with E-state index in [0.29, 0.717) is 6.42 Å². The third-order valence-electron chi connectivity index (χ3n) is 4.06. The summed E-state index contributed by atoms with van der Waals surface area (Å²) in [6.45, 7) is 5.61. The number of piperazine rings is 1. The first kappa shape index (κ1) is 12.6. The molecule has 102 valence electrons. The van der Waals surface area contributed by atoms with Crippen LogP contribution in [0.1, 0.15) is 17.5 Å². The molecule has 1 saturated heterocycles. The van der Waals surface area contributed by atoms with Gasteiger partial charge in [-0.05, 0) is 30.0 Å². The van der Waals surface area contributed by atoms with Gasteiger partial charge >= 0.3 is 0 Å². The van der Waals surface area contributed by atoms with Crippen LogP contribution in [-0.2, 0) is 17.6 Å². The van der Waals surface area contributed by atoms with Crippen molar-refractivity contribution in [2.75, 3.05) is 38.0 Å². The van der Waals surface area contributed by atoms with Crippen molar-refractivity contribution in [3.63, 3.8) is 0 Å². The van der Waals surface area contributed by atoms with Gasteiger partial charge in [0, 0.05) is 44.8 Å². The highest BCUT2D eigenvalue weighted by atomic mass is 16.1. The minimum atomic E-state index is 0.145. The van der Waals surface area contributed by atoms with Crippen LogP contribution in [0.15, 0.2) is 18.2 Å². The molecule has 0 unspecified atom stereocenters. The smallest absolute Gasteiger partial charge is 0.224 e. The Morgan fingerprint density at radius 2 is 2.00 bits per heavy atom. The molecule has 0 aliphatic carbocycles. The van der Waals surface area contributed by atoms with Crippen LogP contribution in [0.3, 0.4) is 0 Å². The number of carbonyl (C=O) groups excluding carboxylic acids is 1. The van der Waals surface area contributed by atoms with Gasteiger partial charge in [-0.15, -0.1) is 0 Å². The Bertz CT molecular complexity index is 466. The number of hydrogen-bond acceptors (Lipinski definition) is 3. The molecule has 0 radical (unpaired) electrons. The fourth-order valence-electron chi connectivity index (χ4n) is 2.95. The predicted molar refractivity (Wildman–Crippen MR) is 76.4 cm³/mol. The van der Waals surface area contributed by atoms with Crippen molar-refractivity contribution in [2.45, 2.75) is 19.3 Å². The van der Waals surface area contributed by atoms with E-state index in [2.05, 4.69) is 27.7 Å². The SMILES string of the molecule is O=C1CCc2c(CCN3CCNCC3)cccc2N1. The maximum atomic E-state index is 11.4. The second kappa shape index (κ2) is 5.72. The van der Waals surface area contributed by atoms with Gasteiger partial charge in [-0.3, -0.25) is 4.79 Å². The van der Waals surface area contributed by atoms with Crippen LogP contribution in [0.25, 0.3) is 0 Å². The number of amides is 1. The first-order chi connectivity index (χ1) is 9.33. The van der Waals surface area contributed by atoms with Crippen LogP contribution in [0.2, 0.25) is 0 Å². The molecular weight excluding hydrogens is 238 g/mol. The highest BCUT2D eigenvalue weighted by Crippen LogP contribution is 2.26. The Balaban J connectivity index is 1.67. The Hall–Kier alpha value is -1.39. The summed E-state index contributed by atoms with van der Waals surface area (Å²) in [6, 6.07) is 6.27. The molecule has 4 nitrogen and oxygen atoms in total. The van der Waals surface area contributed by atoms with E-state index in [1.54, 1.807) is 0 Å². The molecule has 2 heterocycles. The van der Waals surface area contributed by atoms with Crippen LogP contribution >= 0.6 is 0 Å². The lowest BCUT2D eigenvalue weighted by molar-refractivity contribution is -0.116. The van der Waals surface area contributed by atoms with Crippen molar-refractivity contribution in [1.29, 1.82) is 0 Å². The normalized spacial score (nSPS) is 19.9. The molecule has 2 N–H and O–H groups in total. The quantitative estimate of drug-likeness (QED) is 0.852. The van der Waals surface area contributed by atoms with Crippen molar-refractivity contribution in [3.05, 3.63) is 29.3 Å². The van der Waals surface area contributed by atoms with Crippen molar-refractivity contribution in [3.8, 4) is 0 Å². The van der Waals surface area contributed by atoms with Crippen LogP contribution in [0.5, 0.6) is 0 Å². The third kappa shape index (κ3) is 2.96. The van der Waals surface area contributed by atoms with Crippen LogP contribution in [0.4, 0.5) is 5.69 Å². The molecule has 0 saturated carbocycles. The maximum absolute atomic E-state index is 11.4. The van der Waals surface area contributed by atoms with Gasteiger partial charge in [-0.1, -0.05) is 12.1 Å². The Labute approximate surface area is 114 Å². The van der Waals surface area contributed by atoms with Gasteiger partial charge in [-0.25, -0.2) is 0 Å². The minimum absolute atomic E-state index is 0.145. The molecule has 1 aromatic rings. The van der Waals surface area contributed by atoms with E-state index in [0.717, 1.165) is 51.3 Å². The molecule has 0 bridgehead atoms. The topological polar surface area (TPSA) is 44.4 Å². The number of fused-ring (bicyclic) bond motifs is 1.